The summed E-state index contributed by atoms with van der Waals surface area (Å²) in [7, 11) is -2.39. The number of methoxy groups -OCH3 is 1. The van der Waals surface area contributed by atoms with E-state index >= 15 is 0 Å². The van der Waals surface area contributed by atoms with Crippen LogP contribution in [0.5, 0.6) is 5.75 Å². The number of rotatable bonds is 4. The van der Waals surface area contributed by atoms with Crippen molar-refractivity contribution in [3.63, 3.8) is 0 Å². The highest BCUT2D eigenvalue weighted by Gasteiger charge is 2.43. The Morgan fingerprint density at radius 3 is 2.32 bits per heavy atom. The molecule has 0 amide bonds. The molecule has 0 aromatic heterocycles. The molecule has 0 bridgehead atoms. The maximum Gasteiger partial charge on any atom is 0.431 e. The maximum absolute atomic E-state index is 13.3. The number of hydrogen-bond donors (Lipinski definition) is 1. The van der Waals surface area contributed by atoms with Gasteiger partial charge in [0.1, 0.15) is 11.5 Å². The van der Waals surface area contributed by atoms with Crippen molar-refractivity contribution in [2.75, 3.05) is 12.1 Å². The summed E-state index contributed by atoms with van der Waals surface area (Å²) >= 11 is 0. The molecule has 0 spiro atoms. The van der Waals surface area contributed by atoms with E-state index in [0.717, 1.165) is 5.56 Å². The summed E-state index contributed by atoms with van der Waals surface area (Å²) in [5.74, 6) is 0.628. The van der Waals surface area contributed by atoms with Gasteiger partial charge < -0.3 is 4.74 Å². The van der Waals surface area contributed by atoms with E-state index in [2.05, 4.69) is 5.10 Å². The third-order valence-corrected chi connectivity index (χ3v) is 5.40. The Kier molecular flexibility index (Phi) is 5.11. The second-order valence-electron chi connectivity index (χ2n) is 6.38. The zero-order valence-electron chi connectivity index (χ0n) is 15.1. The number of nitrogens with two attached hydrogens (primary N) is 1. The highest BCUT2D eigenvalue weighted by atomic mass is 32.2. The van der Waals surface area contributed by atoms with Gasteiger partial charge in [-0.15, -0.1) is 0 Å². The quantitative estimate of drug-likeness (QED) is 0.831. The number of nitrogens with zero attached hydrogens (tertiary/aromatic N) is 2. The molecule has 28 heavy (non-hydrogen) atoms. The number of benzene rings is 2. The van der Waals surface area contributed by atoms with Crippen molar-refractivity contribution in [3.8, 4) is 5.75 Å². The van der Waals surface area contributed by atoms with Crippen LogP contribution < -0.4 is 14.9 Å². The molecule has 0 aliphatic carbocycles. The summed E-state index contributed by atoms with van der Waals surface area (Å²) in [5, 5.41) is 10.1. The first-order valence-corrected chi connectivity index (χ1v) is 9.76. The van der Waals surface area contributed by atoms with Gasteiger partial charge in [0.15, 0.2) is 0 Å². The predicted octanol–water partition coefficient (Wildman–Crippen LogP) is 3.52. The average molecular weight is 413 g/mol. The number of halogens is 3. The van der Waals surface area contributed by atoms with E-state index in [1.54, 1.807) is 25.1 Å². The van der Waals surface area contributed by atoms with Crippen molar-refractivity contribution < 1.29 is 26.3 Å². The molecule has 0 saturated carbocycles. The number of aryl methyl sites for hydroxylation is 1. The van der Waals surface area contributed by atoms with Gasteiger partial charge in [0.05, 0.1) is 23.7 Å². The van der Waals surface area contributed by atoms with Gasteiger partial charge in [0.2, 0.25) is 10.0 Å². The Morgan fingerprint density at radius 1 is 1.18 bits per heavy atom. The van der Waals surface area contributed by atoms with E-state index in [0.29, 0.717) is 17.0 Å². The van der Waals surface area contributed by atoms with Crippen LogP contribution in [0.25, 0.3) is 0 Å². The van der Waals surface area contributed by atoms with Crippen LogP contribution >= 0.6 is 0 Å². The number of anilines is 1. The topological polar surface area (TPSA) is 85.0 Å². The Morgan fingerprint density at radius 2 is 1.82 bits per heavy atom. The molecule has 1 heterocycles. The first-order valence-electron chi connectivity index (χ1n) is 8.22. The number of primary sulfonamides is 1. The monoisotopic (exact) mass is 413 g/mol. The summed E-state index contributed by atoms with van der Waals surface area (Å²) in [5.41, 5.74) is 0.841. The lowest BCUT2D eigenvalue weighted by molar-refractivity contribution is -0.0600. The summed E-state index contributed by atoms with van der Waals surface area (Å²) in [4.78, 5) is -0.132. The maximum atomic E-state index is 13.3. The smallest absolute Gasteiger partial charge is 0.431 e. The summed E-state index contributed by atoms with van der Waals surface area (Å²) < 4.78 is 67.9. The molecule has 2 aromatic rings. The highest BCUT2D eigenvalue weighted by Crippen LogP contribution is 2.40. The van der Waals surface area contributed by atoms with Crippen molar-refractivity contribution in [2.24, 2.45) is 10.2 Å². The Balaban J connectivity index is 2.03. The van der Waals surface area contributed by atoms with E-state index in [4.69, 9.17) is 9.88 Å². The van der Waals surface area contributed by atoms with Crippen LogP contribution in [0.3, 0.4) is 0 Å². The molecule has 0 saturated heterocycles. The molecule has 10 heteroatoms. The van der Waals surface area contributed by atoms with Crippen LogP contribution in [0.15, 0.2) is 52.5 Å². The Labute approximate surface area is 160 Å². The van der Waals surface area contributed by atoms with Crippen LogP contribution in [0, 0.1) is 6.92 Å². The molecule has 1 atom stereocenters. The van der Waals surface area contributed by atoms with Crippen LogP contribution in [0.4, 0.5) is 18.9 Å². The Hall–Kier alpha value is -2.59. The first-order chi connectivity index (χ1) is 13.0. The van der Waals surface area contributed by atoms with Gasteiger partial charge in [0, 0.05) is 6.42 Å². The number of alkyl halides is 3. The molecule has 150 valence electrons. The number of hydrogen-bond acceptors (Lipinski definition) is 5. The molecule has 2 N–H and O–H groups in total. The van der Waals surface area contributed by atoms with E-state index in [1.165, 1.54) is 36.4 Å². The van der Waals surface area contributed by atoms with Gasteiger partial charge in [-0.25, -0.2) is 13.6 Å². The standard InChI is InChI=1S/C18H18F3N3O3S/c1-11-9-12(3-8-16(11)27-2)15-10-17(18(19,20)21)23-24(15)13-4-6-14(7-5-13)28(22,25)26/h3-9,15H,10H2,1-2H3,(H2,22,25,26). The minimum atomic E-state index is -4.56. The van der Waals surface area contributed by atoms with Crippen LogP contribution in [0.1, 0.15) is 23.6 Å². The second-order valence-corrected chi connectivity index (χ2v) is 7.94. The lowest BCUT2D eigenvalue weighted by Gasteiger charge is -2.24. The first kappa shape index (κ1) is 20.2. The number of ether oxygens (including phenoxy) is 1. The van der Waals surface area contributed by atoms with Crippen molar-refractivity contribution in [1.82, 2.24) is 0 Å². The van der Waals surface area contributed by atoms with E-state index in [1.807, 2.05) is 0 Å². The normalized spacial score (nSPS) is 17.6. The largest absolute Gasteiger partial charge is 0.496 e. The van der Waals surface area contributed by atoms with Crippen molar-refractivity contribution in [3.05, 3.63) is 53.6 Å². The van der Waals surface area contributed by atoms with Crippen LogP contribution in [-0.2, 0) is 10.0 Å². The average Bonchev–Trinajstić information content (AvgIpc) is 3.07. The molecule has 1 unspecified atom stereocenters. The molecule has 0 radical (unpaired) electrons. The second kappa shape index (κ2) is 7.10. The third-order valence-electron chi connectivity index (χ3n) is 4.47. The molecule has 6 nitrogen and oxygen atoms in total. The fourth-order valence-electron chi connectivity index (χ4n) is 3.08. The van der Waals surface area contributed by atoms with Gasteiger partial charge >= 0.3 is 6.18 Å². The van der Waals surface area contributed by atoms with E-state index in [9.17, 15) is 21.6 Å². The summed E-state index contributed by atoms with van der Waals surface area (Å²) in [6, 6.07) is 9.68. The molecule has 1 aliphatic rings. The van der Waals surface area contributed by atoms with Gasteiger partial charge in [-0.05, 0) is 48.4 Å². The molecular weight excluding hydrogens is 395 g/mol. The van der Waals surface area contributed by atoms with Crippen molar-refractivity contribution >= 4 is 21.4 Å². The lowest BCUT2D eigenvalue weighted by Crippen LogP contribution is -2.21. The molecule has 3 rings (SSSR count). The third kappa shape index (κ3) is 3.97. The van der Waals surface area contributed by atoms with Gasteiger partial charge in [-0.1, -0.05) is 12.1 Å². The van der Waals surface area contributed by atoms with E-state index in [-0.39, 0.29) is 11.3 Å². The fraction of sp³-hybridized carbons (Fsp3) is 0.278. The van der Waals surface area contributed by atoms with Gasteiger partial charge in [-0.3, -0.25) is 5.01 Å². The minimum absolute atomic E-state index is 0.132. The number of hydrazone groups is 1. The van der Waals surface area contributed by atoms with Gasteiger partial charge in [-0.2, -0.15) is 18.3 Å². The molecule has 2 aromatic carbocycles. The number of sulfonamides is 1. The van der Waals surface area contributed by atoms with Crippen LogP contribution in [-0.4, -0.2) is 27.4 Å². The molecule has 0 fully saturated rings. The summed E-state index contributed by atoms with van der Waals surface area (Å²) in [6.45, 7) is 1.80. The van der Waals surface area contributed by atoms with Gasteiger partial charge in [0.25, 0.3) is 0 Å². The lowest BCUT2D eigenvalue weighted by atomic mass is 9.99. The SMILES string of the molecule is COc1ccc(C2CC(C(F)(F)F)=NN2c2ccc(S(N)(=O)=O)cc2)cc1C. The Bertz CT molecular complexity index is 1020. The van der Waals surface area contributed by atoms with Crippen LogP contribution in [0.2, 0.25) is 0 Å². The summed E-state index contributed by atoms with van der Waals surface area (Å²) in [6.07, 6.45) is -4.89. The highest BCUT2D eigenvalue weighted by molar-refractivity contribution is 7.89. The zero-order valence-corrected chi connectivity index (χ0v) is 15.9. The molecular formula is C18H18F3N3O3S. The predicted molar refractivity (Wildman–Crippen MR) is 98.9 cm³/mol. The van der Waals surface area contributed by atoms with E-state index < -0.39 is 28.0 Å². The van der Waals surface area contributed by atoms with Crippen molar-refractivity contribution in [2.45, 2.75) is 30.5 Å². The fourth-order valence-corrected chi connectivity index (χ4v) is 3.59. The van der Waals surface area contributed by atoms with Crippen molar-refractivity contribution in [1.29, 1.82) is 0 Å². The zero-order chi connectivity index (χ0) is 20.7. The minimum Gasteiger partial charge on any atom is -0.496 e. The molecule has 1 aliphatic heterocycles.